The summed E-state index contributed by atoms with van der Waals surface area (Å²) >= 11 is 1.49. The van der Waals surface area contributed by atoms with E-state index in [4.69, 9.17) is 4.74 Å². The van der Waals surface area contributed by atoms with Crippen molar-refractivity contribution in [3.05, 3.63) is 57.5 Å². The van der Waals surface area contributed by atoms with Crippen molar-refractivity contribution in [1.82, 2.24) is 0 Å². The molecule has 1 heterocycles. The van der Waals surface area contributed by atoms with Gasteiger partial charge in [0.25, 0.3) is 0 Å². The van der Waals surface area contributed by atoms with Crippen molar-refractivity contribution in [2.45, 2.75) is 13.3 Å². The van der Waals surface area contributed by atoms with Crippen molar-refractivity contribution in [2.75, 3.05) is 7.11 Å². The van der Waals surface area contributed by atoms with Crippen LogP contribution >= 0.6 is 11.3 Å². The van der Waals surface area contributed by atoms with Crippen molar-refractivity contribution in [3.8, 4) is 5.75 Å². The number of halogens is 1. The second-order valence-electron chi connectivity index (χ2n) is 4.21. The lowest BCUT2D eigenvalue weighted by molar-refractivity contribution is 0.105. The summed E-state index contributed by atoms with van der Waals surface area (Å²) in [7, 11) is 1.42. The van der Waals surface area contributed by atoms with E-state index in [2.05, 4.69) is 6.92 Å². The first-order valence-corrected chi connectivity index (χ1v) is 7.10. The van der Waals surface area contributed by atoms with Gasteiger partial charge in [0.15, 0.2) is 17.3 Å². The first kappa shape index (κ1) is 14.5. The minimum atomic E-state index is -0.438. The monoisotopic (exact) mass is 290 g/mol. The molecule has 4 heteroatoms. The number of ketones is 1. The summed E-state index contributed by atoms with van der Waals surface area (Å²) in [5.74, 6) is -0.309. The number of ether oxygens (including phenoxy) is 1. The van der Waals surface area contributed by atoms with E-state index in [1.807, 2.05) is 12.1 Å². The van der Waals surface area contributed by atoms with E-state index in [-0.39, 0.29) is 11.5 Å². The van der Waals surface area contributed by atoms with Crippen LogP contribution in [0, 0.1) is 5.82 Å². The number of thiophene rings is 1. The molecule has 1 aromatic carbocycles. The molecule has 0 N–H and O–H groups in total. The highest BCUT2D eigenvalue weighted by molar-refractivity contribution is 7.14. The minimum Gasteiger partial charge on any atom is -0.494 e. The largest absolute Gasteiger partial charge is 0.494 e. The summed E-state index contributed by atoms with van der Waals surface area (Å²) in [6.45, 7) is 2.05. The van der Waals surface area contributed by atoms with Crippen LogP contribution in [-0.4, -0.2) is 12.9 Å². The fourth-order valence-electron chi connectivity index (χ4n) is 1.74. The fraction of sp³-hybridized carbons (Fsp3) is 0.188. The maximum absolute atomic E-state index is 13.5. The van der Waals surface area contributed by atoms with Gasteiger partial charge in [-0.2, -0.15) is 0 Å². The van der Waals surface area contributed by atoms with E-state index in [9.17, 15) is 9.18 Å². The molecule has 0 saturated heterocycles. The van der Waals surface area contributed by atoms with Gasteiger partial charge in [-0.15, -0.1) is 11.3 Å². The lowest BCUT2D eigenvalue weighted by atomic mass is 10.1. The average Bonchev–Trinajstić information content (AvgIpc) is 2.94. The fourth-order valence-corrected chi connectivity index (χ4v) is 2.61. The van der Waals surface area contributed by atoms with Gasteiger partial charge in [0.05, 0.1) is 12.0 Å². The normalized spacial score (nSPS) is 10.9. The van der Waals surface area contributed by atoms with Gasteiger partial charge in [-0.05, 0) is 42.3 Å². The minimum absolute atomic E-state index is 0.0640. The van der Waals surface area contributed by atoms with Crippen LogP contribution in [0.15, 0.2) is 36.4 Å². The number of rotatable bonds is 5. The van der Waals surface area contributed by atoms with Gasteiger partial charge >= 0.3 is 0 Å². The third-order valence-corrected chi connectivity index (χ3v) is 4.10. The van der Waals surface area contributed by atoms with Crippen LogP contribution in [0.2, 0.25) is 0 Å². The van der Waals surface area contributed by atoms with Gasteiger partial charge in [-0.3, -0.25) is 4.79 Å². The van der Waals surface area contributed by atoms with Crippen molar-refractivity contribution in [2.24, 2.45) is 0 Å². The molecule has 0 spiro atoms. The molecule has 0 atom stereocenters. The molecule has 0 saturated carbocycles. The number of benzene rings is 1. The Bertz CT molecular complexity index is 644. The number of hydrogen-bond donors (Lipinski definition) is 0. The first-order chi connectivity index (χ1) is 9.63. The molecule has 0 radical (unpaired) electrons. The quantitative estimate of drug-likeness (QED) is 0.604. The summed E-state index contributed by atoms with van der Waals surface area (Å²) in [6.07, 6.45) is 3.99. The maximum atomic E-state index is 13.5. The molecule has 0 amide bonds. The van der Waals surface area contributed by atoms with Crippen molar-refractivity contribution >= 4 is 23.2 Å². The van der Waals surface area contributed by atoms with Gasteiger partial charge < -0.3 is 4.74 Å². The van der Waals surface area contributed by atoms with Gasteiger partial charge in [0, 0.05) is 4.88 Å². The summed E-state index contributed by atoms with van der Waals surface area (Å²) in [5, 5.41) is 0. The molecule has 20 heavy (non-hydrogen) atoms. The van der Waals surface area contributed by atoms with Crippen LogP contribution in [0.1, 0.15) is 27.0 Å². The molecule has 0 unspecified atom stereocenters. The zero-order valence-corrected chi connectivity index (χ0v) is 12.2. The molecular formula is C16H15FO2S. The standard InChI is InChI=1S/C16H15FO2S/c1-3-12-6-9-16(20-12)14(18)7-4-11-5-8-15(19-2)13(17)10-11/h4-10H,3H2,1-2H3/b7-4+. The molecule has 2 nitrogen and oxygen atoms in total. The highest BCUT2D eigenvalue weighted by Crippen LogP contribution is 2.20. The summed E-state index contributed by atoms with van der Waals surface area (Å²) in [4.78, 5) is 13.8. The number of carbonyl (C=O) groups is 1. The van der Waals surface area contributed by atoms with Gasteiger partial charge in [-0.25, -0.2) is 4.39 Å². The van der Waals surface area contributed by atoms with E-state index < -0.39 is 5.82 Å². The van der Waals surface area contributed by atoms with Gasteiger partial charge in [0.2, 0.25) is 0 Å². The topological polar surface area (TPSA) is 26.3 Å². The highest BCUT2D eigenvalue weighted by Gasteiger charge is 2.06. The van der Waals surface area contributed by atoms with Crippen molar-refractivity contribution < 1.29 is 13.9 Å². The predicted octanol–water partition coefficient (Wildman–Crippen LogP) is 4.35. The van der Waals surface area contributed by atoms with Crippen LogP contribution in [0.5, 0.6) is 5.75 Å². The number of carbonyl (C=O) groups excluding carboxylic acids is 1. The van der Waals surface area contributed by atoms with Crippen LogP contribution in [0.25, 0.3) is 6.08 Å². The zero-order valence-electron chi connectivity index (χ0n) is 11.4. The second kappa shape index (κ2) is 6.48. The van der Waals surface area contributed by atoms with Crippen LogP contribution < -0.4 is 4.74 Å². The molecule has 104 valence electrons. The van der Waals surface area contributed by atoms with Gasteiger partial charge in [0.1, 0.15) is 0 Å². The second-order valence-corrected chi connectivity index (χ2v) is 5.38. The lowest BCUT2D eigenvalue weighted by Gasteiger charge is -2.01. The third kappa shape index (κ3) is 3.33. The molecule has 0 bridgehead atoms. The molecule has 0 aliphatic carbocycles. The molecular weight excluding hydrogens is 275 g/mol. The van der Waals surface area contributed by atoms with E-state index in [0.717, 1.165) is 6.42 Å². The van der Waals surface area contributed by atoms with Gasteiger partial charge in [-0.1, -0.05) is 19.1 Å². The summed E-state index contributed by atoms with van der Waals surface area (Å²) < 4.78 is 18.4. The Labute approximate surface area is 121 Å². The predicted molar refractivity (Wildman–Crippen MR) is 80.0 cm³/mol. The average molecular weight is 290 g/mol. The SMILES string of the molecule is CCc1ccc(C(=O)/C=C/c2ccc(OC)c(F)c2)s1. The Morgan fingerprint density at radius 1 is 1.35 bits per heavy atom. The van der Waals surface area contributed by atoms with Crippen LogP contribution in [0.4, 0.5) is 4.39 Å². The molecule has 0 aliphatic rings. The summed E-state index contributed by atoms with van der Waals surface area (Å²) in [6, 6.07) is 8.37. The number of allylic oxidation sites excluding steroid dienone is 1. The number of aryl methyl sites for hydroxylation is 1. The molecule has 2 rings (SSSR count). The third-order valence-electron chi connectivity index (χ3n) is 2.86. The van der Waals surface area contributed by atoms with E-state index >= 15 is 0 Å². The Hall–Kier alpha value is -1.94. The number of hydrogen-bond acceptors (Lipinski definition) is 3. The highest BCUT2D eigenvalue weighted by atomic mass is 32.1. The van der Waals surface area contributed by atoms with E-state index in [1.165, 1.54) is 35.5 Å². The van der Waals surface area contributed by atoms with Crippen LogP contribution in [0.3, 0.4) is 0 Å². The lowest BCUT2D eigenvalue weighted by Crippen LogP contribution is -1.90. The Morgan fingerprint density at radius 3 is 2.75 bits per heavy atom. The van der Waals surface area contributed by atoms with Crippen molar-refractivity contribution in [3.63, 3.8) is 0 Å². The summed E-state index contributed by atoms with van der Waals surface area (Å²) in [5.41, 5.74) is 0.629. The Kier molecular flexibility index (Phi) is 4.69. The van der Waals surface area contributed by atoms with E-state index in [1.54, 1.807) is 18.2 Å². The number of methoxy groups -OCH3 is 1. The molecule has 2 aromatic rings. The first-order valence-electron chi connectivity index (χ1n) is 6.28. The van der Waals surface area contributed by atoms with E-state index in [0.29, 0.717) is 10.4 Å². The molecule has 0 fully saturated rings. The van der Waals surface area contributed by atoms with Crippen molar-refractivity contribution in [1.29, 1.82) is 0 Å². The zero-order chi connectivity index (χ0) is 14.5. The maximum Gasteiger partial charge on any atom is 0.195 e. The molecule has 1 aromatic heterocycles. The Morgan fingerprint density at radius 2 is 2.15 bits per heavy atom. The molecule has 0 aliphatic heterocycles. The van der Waals surface area contributed by atoms with Crippen LogP contribution in [-0.2, 0) is 6.42 Å². The Balaban J connectivity index is 2.12. The smallest absolute Gasteiger partial charge is 0.195 e.